The van der Waals surface area contributed by atoms with Gasteiger partial charge in [-0.3, -0.25) is 4.79 Å². The molecule has 1 aliphatic heterocycles. The summed E-state index contributed by atoms with van der Waals surface area (Å²) in [5.41, 5.74) is 5.55. The lowest BCUT2D eigenvalue weighted by Crippen LogP contribution is -2.42. The molecule has 0 aliphatic carbocycles. The third-order valence-electron chi connectivity index (χ3n) is 3.13. The third kappa shape index (κ3) is 2.27. The van der Waals surface area contributed by atoms with E-state index in [1.54, 1.807) is 0 Å². The van der Waals surface area contributed by atoms with Gasteiger partial charge >= 0.3 is 0 Å². The fraction of sp³-hybridized carbons (Fsp3) is 0.909. The van der Waals surface area contributed by atoms with Crippen molar-refractivity contribution in [2.45, 2.75) is 52.1 Å². The fourth-order valence-electron chi connectivity index (χ4n) is 2.41. The number of nitrogens with zero attached hydrogens (tertiary/aromatic N) is 1. The van der Waals surface area contributed by atoms with Crippen molar-refractivity contribution in [2.75, 3.05) is 6.54 Å². The Bertz CT molecular complexity index is 203. The average Bonchev–Trinajstić information content (AvgIpc) is 2.47. The maximum atomic E-state index is 11.6. The van der Waals surface area contributed by atoms with Gasteiger partial charge in [-0.25, -0.2) is 0 Å². The summed E-state index contributed by atoms with van der Waals surface area (Å²) >= 11 is 0. The number of nitrogens with two attached hydrogens (primary N) is 1. The first-order valence-electron chi connectivity index (χ1n) is 5.59. The van der Waals surface area contributed by atoms with Gasteiger partial charge in [0.05, 0.1) is 0 Å². The molecule has 1 amide bonds. The van der Waals surface area contributed by atoms with Crippen molar-refractivity contribution in [1.29, 1.82) is 0 Å². The highest BCUT2D eigenvalue weighted by atomic mass is 16.2. The molecule has 0 spiro atoms. The Kier molecular flexibility index (Phi) is 3.93. The van der Waals surface area contributed by atoms with Crippen LogP contribution in [0.2, 0.25) is 0 Å². The second kappa shape index (κ2) is 4.78. The van der Waals surface area contributed by atoms with Gasteiger partial charge in [0.1, 0.15) is 0 Å². The molecule has 0 bridgehead atoms. The molecule has 1 heterocycles. The Balaban J connectivity index is 2.64. The van der Waals surface area contributed by atoms with Crippen LogP contribution in [0.25, 0.3) is 0 Å². The molecule has 0 saturated carbocycles. The summed E-state index contributed by atoms with van der Waals surface area (Å²) < 4.78 is 0. The lowest BCUT2D eigenvalue weighted by molar-refractivity contribution is -0.131. The molecule has 0 aromatic heterocycles. The van der Waals surface area contributed by atoms with Crippen LogP contribution in [0.15, 0.2) is 0 Å². The van der Waals surface area contributed by atoms with Crippen LogP contribution < -0.4 is 5.73 Å². The summed E-state index contributed by atoms with van der Waals surface area (Å²) in [6, 6.07) is 0.751. The molecule has 2 atom stereocenters. The first kappa shape index (κ1) is 11.5. The number of amides is 1. The first-order valence-corrected chi connectivity index (χ1v) is 5.59. The maximum Gasteiger partial charge on any atom is 0.223 e. The Morgan fingerprint density at radius 3 is 2.64 bits per heavy atom. The summed E-state index contributed by atoms with van der Waals surface area (Å²) in [5, 5.41) is 0. The van der Waals surface area contributed by atoms with Gasteiger partial charge in [-0.1, -0.05) is 6.92 Å². The standard InChI is InChI=1S/C11H22N2O/c1-8(2)13-10(4-5-11(13)14)9(3)6-7-12/h8-10H,4-7,12H2,1-3H3. The summed E-state index contributed by atoms with van der Waals surface area (Å²) in [6.45, 7) is 7.10. The van der Waals surface area contributed by atoms with Crippen LogP contribution in [0, 0.1) is 5.92 Å². The summed E-state index contributed by atoms with van der Waals surface area (Å²) in [7, 11) is 0. The number of rotatable bonds is 4. The highest BCUT2D eigenvalue weighted by Crippen LogP contribution is 2.28. The molecule has 3 nitrogen and oxygen atoms in total. The van der Waals surface area contributed by atoms with E-state index in [0.717, 1.165) is 25.8 Å². The molecule has 1 aliphatic rings. The van der Waals surface area contributed by atoms with Crippen LogP contribution in [0.4, 0.5) is 0 Å². The predicted molar refractivity (Wildman–Crippen MR) is 57.8 cm³/mol. The van der Waals surface area contributed by atoms with E-state index in [1.165, 1.54) is 0 Å². The van der Waals surface area contributed by atoms with Crippen molar-refractivity contribution < 1.29 is 4.79 Å². The van der Waals surface area contributed by atoms with Gasteiger partial charge in [-0.15, -0.1) is 0 Å². The molecule has 0 aromatic carbocycles. The summed E-state index contributed by atoms with van der Waals surface area (Å²) in [4.78, 5) is 13.7. The van der Waals surface area contributed by atoms with Gasteiger partial charge in [0.2, 0.25) is 5.91 Å². The van der Waals surface area contributed by atoms with Gasteiger partial charge in [0.15, 0.2) is 0 Å². The van der Waals surface area contributed by atoms with Gasteiger partial charge in [0.25, 0.3) is 0 Å². The maximum absolute atomic E-state index is 11.6. The van der Waals surface area contributed by atoms with Crippen molar-refractivity contribution in [3.8, 4) is 0 Å². The van der Waals surface area contributed by atoms with Gasteiger partial charge in [-0.2, -0.15) is 0 Å². The van der Waals surface area contributed by atoms with Crippen molar-refractivity contribution in [3.05, 3.63) is 0 Å². The molecule has 1 fully saturated rings. The highest BCUT2D eigenvalue weighted by molar-refractivity contribution is 5.79. The predicted octanol–water partition coefficient (Wildman–Crippen LogP) is 1.37. The highest BCUT2D eigenvalue weighted by Gasteiger charge is 2.35. The van der Waals surface area contributed by atoms with Crippen LogP contribution >= 0.6 is 0 Å². The number of hydrogen-bond donors (Lipinski definition) is 1. The molecule has 0 radical (unpaired) electrons. The fourth-order valence-corrected chi connectivity index (χ4v) is 2.41. The zero-order valence-corrected chi connectivity index (χ0v) is 9.49. The molecular weight excluding hydrogens is 176 g/mol. The van der Waals surface area contributed by atoms with E-state index in [0.29, 0.717) is 23.9 Å². The van der Waals surface area contributed by atoms with E-state index < -0.39 is 0 Å². The van der Waals surface area contributed by atoms with Crippen molar-refractivity contribution in [1.82, 2.24) is 4.90 Å². The summed E-state index contributed by atoms with van der Waals surface area (Å²) in [6.07, 6.45) is 2.75. The molecule has 2 unspecified atom stereocenters. The molecule has 14 heavy (non-hydrogen) atoms. The second-order valence-corrected chi connectivity index (χ2v) is 4.56. The first-order chi connectivity index (χ1) is 6.57. The van der Waals surface area contributed by atoms with E-state index in [-0.39, 0.29) is 0 Å². The van der Waals surface area contributed by atoms with Crippen LogP contribution in [0.5, 0.6) is 0 Å². The Labute approximate surface area is 86.6 Å². The molecule has 82 valence electrons. The van der Waals surface area contributed by atoms with Gasteiger partial charge in [0, 0.05) is 18.5 Å². The molecular formula is C11H22N2O. The molecule has 1 rings (SSSR count). The van der Waals surface area contributed by atoms with Gasteiger partial charge in [-0.05, 0) is 39.2 Å². The van der Waals surface area contributed by atoms with E-state index in [9.17, 15) is 4.79 Å². The van der Waals surface area contributed by atoms with E-state index in [4.69, 9.17) is 5.73 Å². The minimum absolute atomic E-state index is 0.314. The topological polar surface area (TPSA) is 46.3 Å². The summed E-state index contributed by atoms with van der Waals surface area (Å²) in [5.74, 6) is 0.850. The van der Waals surface area contributed by atoms with E-state index >= 15 is 0 Å². The molecule has 1 saturated heterocycles. The van der Waals surface area contributed by atoms with Gasteiger partial charge < -0.3 is 10.6 Å². The zero-order valence-electron chi connectivity index (χ0n) is 9.49. The number of hydrogen-bond acceptors (Lipinski definition) is 2. The van der Waals surface area contributed by atoms with Crippen LogP contribution in [-0.2, 0) is 4.79 Å². The molecule has 3 heteroatoms. The minimum Gasteiger partial charge on any atom is -0.337 e. The third-order valence-corrected chi connectivity index (χ3v) is 3.13. The van der Waals surface area contributed by atoms with E-state index in [2.05, 4.69) is 20.8 Å². The quantitative estimate of drug-likeness (QED) is 0.741. The van der Waals surface area contributed by atoms with Crippen molar-refractivity contribution >= 4 is 5.91 Å². The van der Waals surface area contributed by atoms with Crippen molar-refractivity contribution in [2.24, 2.45) is 11.7 Å². The number of carbonyl (C=O) groups excluding carboxylic acids is 1. The van der Waals surface area contributed by atoms with Crippen molar-refractivity contribution in [3.63, 3.8) is 0 Å². The Hall–Kier alpha value is -0.570. The molecule has 2 N–H and O–H groups in total. The lowest BCUT2D eigenvalue weighted by atomic mass is 9.95. The second-order valence-electron chi connectivity index (χ2n) is 4.56. The SMILES string of the molecule is CC(CCN)C1CCC(=O)N1C(C)C. The number of carbonyl (C=O) groups is 1. The Morgan fingerprint density at radius 1 is 1.50 bits per heavy atom. The normalized spacial score (nSPS) is 24.8. The lowest BCUT2D eigenvalue weighted by Gasteiger charge is -2.32. The van der Waals surface area contributed by atoms with Crippen LogP contribution in [0.1, 0.15) is 40.0 Å². The monoisotopic (exact) mass is 198 g/mol. The largest absolute Gasteiger partial charge is 0.337 e. The van der Waals surface area contributed by atoms with Crippen LogP contribution in [0.3, 0.4) is 0 Å². The Morgan fingerprint density at radius 2 is 2.14 bits per heavy atom. The zero-order chi connectivity index (χ0) is 10.7. The average molecular weight is 198 g/mol. The van der Waals surface area contributed by atoms with E-state index in [1.807, 2.05) is 4.90 Å². The smallest absolute Gasteiger partial charge is 0.223 e. The number of likely N-dealkylation sites (tertiary alicyclic amines) is 1. The van der Waals surface area contributed by atoms with Crippen LogP contribution in [-0.4, -0.2) is 29.4 Å². The molecule has 0 aromatic rings. The minimum atomic E-state index is 0.314.